The first-order valence-corrected chi connectivity index (χ1v) is 4.42. The number of benzene rings is 1. The third-order valence-electron chi connectivity index (χ3n) is 1.98. The molecule has 0 fully saturated rings. The third kappa shape index (κ3) is 1.87. The summed E-state index contributed by atoms with van der Waals surface area (Å²) in [7, 11) is 0. The molecule has 1 heterocycles. The maximum absolute atomic E-state index is 11.7. The lowest BCUT2D eigenvalue weighted by atomic mass is 10.3. The van der Waals surface area contributed by atoms with Crippen LogP contribution in [0, 0.1) is 0 Å². The van der Waals surface area contributed by atoms with Crippen LogP contribution >= 0.6 is 0 Å². The van der Waals surface area contributed by atoms with Crippen molar-refractivity contribution in [1.29, 1.82) is 0 Å². The first-order chi connectivity index (χ1) is 7.29. The van der Waals surface area contributed by atoms with E-state index in [2.05, 4.69) is 10.2 Å². The van der Waals surface area contributed by atoms with Gasteiger partial charge in [0.05, 0.1) is 5.69 Å². The molecule has 0 radical (unpaired) electrons. The highest BCUT2D eigenvalue weighted by molar-refractivity contribution is 6.03. The van der Waals surface area contributed by atoms with Gasteiger partial charge < -0.3 is 0 Å². The van der Waals surface area contributed by atoms with Crippen molar-refractivity contribution in [2.75, 3.05) is 5.01 Å². The second-order valence-corrected chi connectivity index (χ2v) is 2.98. The monoisotopic (exact) mass is 202 g/mol. The Balaban J connectivity index is 2.23. The summed E-state index contributed by atoms with van der Waals surface area (Å²) in [4.78, 5) is 11.7. The first-order valence-electron chi connectivity index (χ1n) is 4.42. The minimum Gasteiger partial charge on any atom is -0.273 e. The molecule has 0 saturated carbocycles. The van der Waals surface area contributed by atoms with Crippen LogP contribution in [0.25, 0.3) is 0 Å². The predicted molar refractivity (Wildman–Crippen MR) is 56.0 cm³/mol. The largest absolute Gasteiger partial charge is 0.290 e. The number of hydrogen-bond donors (Lipinski definition) is 2. The van der Waals surface area contributed by atoms with Crippen molar-refractivity contribution in [1.82, 2.24) is 10.2 Å². The molecule has 5 nitrogen and oxygen atoms in total. The Labute approximate surface area is 86.5 Å². The summed E-state index contributed by atoms with van der Waals surface area (Å²) in [5.41, 5.74) is 0.999. The predicted octanol–water partition coefficient (Wildman–Crippen LogP) is 0.930. The Morgan fingerprint density at radius 2 is 2.00 bits per heavy atom. The number of amides is 1. The fourth-order valence-corrected chi connectivity index (χ4v) is 1.21. The Morgan fingerprint density at radius 3 is 2.60 bits per heavy atom. The molecule has 0 aliphatic heterocycles. The average molecular weight is 202 g/mol. The summed E-state index contributed by atoms with van der Waals surface area (Å²) >= 11 is 0. The lowest BCUT2D eigenvalue weighted by molar-refractivity contribution is 0.0982. The minimum atomic E-state index is -0.321. The molecule has 0 atom stereocenters. The number of carbonyl (C=O) groups is 1. The van der Waals surface area contributed by atoms with Crippen molar-refractivity contribution in [3.05, 3.63) is 48.3 Å². The third-order valence-corrected chi connectivity index (χ3v) is 1.98. The van der Waals surface area contributed by atoms with Crippen molar-refractivity contribution in [2.24, 2.45) is 5.84 Å². The van der Waals surface area contributed by atoms with Crippen LogP contribution in [-0.2, 0) is 0 Å². The molecule has 0 aliphatic rings. The number of rotatable bonds is 2. The number of nitrogens with one attached hydrogen (secondary N) is 1. The number of carbonyl (C=O) groups excluding carboxylic acids is 1. The average Bonchev–Trinajstić information content (AvgIpc) is 2.82. The van der Waals surface area contributed by atoms with Gasteiger partial charge in [-0.2, -0.15) is 5.10 Å². The zero-order valence-electron chi connectivity index (χ0n) is 7.92. The van der Waals surface area contributed by atoms with E-state index in [0.717, 1.165) is 5.01 Å². The van der Waals surface area contributed by atoms with Crippen LogP contribution in [0.3, 0.4) is 0 Å². The topological polar surface area (TPSA) is 75.0 Å². The second kappa shape index (κ2) is 3.93. The van der Waals surface area contributed by atoms with E-state index in [0.29, 0.717) is 11.4 Å². The van der Waals surface area contributed by atoms with E-state index in [9.17, 15) is 4.79 Å². The summed E-state index contributed by atoms with van der Waals surface area (Å²) in [6, 6.07) is 10.6. The van der Waals surface area contributed by atoms with Gasteiger partial charge in [0.15, 0.2) is 0 Å². The van der Waals surface area contributed by atoms with Gasteiger partial charge in [-0.05, 0) is 18.2 Å². The molecule has 15 heavy (non-hydrogen) atoms. The van der Waals surface area contributed by atoms with Gasteiger partial charge in [-0.1, -0.05) is 18.2 Å². The lowest BCUT2D eigenvalue weighted by Gasteiger charge is -2.14. The lowest BCUT2D eigenvalue weighted by Crippen LogP contribution is -2.37. The van der Waals surface area contributed by atoms with E-state index in [-0.39, 0.29) is 5.91 Å². The first kappa shape index (κ1) is 9.42. The highest BCUT2D eigenvalue weighted by Crippen LogP contribution is 2.11. The maximum atomic E-state index is 11.7. The van der Waals surface area contributed by atoms with E-state index in [1.807, 2.05) is 18.2 Å². The van der Waals surface area contributed by atoms with E-state index >= 15 is 0 Å². The van der Waals surface area contributed by atoms with E-state index in [4.69, 9.17) is 5.84 Å². The van der Waals surface area contributed by atoms with Gasteiger partial charge >= 0.3 is 0 Å². The Kier molecular flexibility index (Phi) is 2.47. The molecule has 0 spiro atoms. The van der Waals surface area contributed by atoms with Crippen LogP contribution in [0.1, 0.15) is 10.5 Å². The van der Waals surface area contributed by atoms with Crippen molar-refractivity contribution in [3.63, 3.8) is 0 Å². The van der Waals surface area contributed by atoms with Gasteiger partial charge in [0, 0.05) is 6.20 Å². The highest BCUT2D eigenvalue weighted by Gasteiger charge is 2.14. The van der Waals surface area contributed by atoms with Crippen molar-refractivity contribution in [2.45, 2.75) is 0 Å². The molecular weight excluding hydrogens is 192 g/mol. The molecule has 0 aliphatic carbocycles. The number of anilines is 1. The van der Waals surface area contributed by atoms with Crippen molar-refractivity contribution in [3.8, 4) is 0 Å². The SMILES string of the molecule is NN(C(=O)c1ccn[nH]1)c1ccccc1. The number of nitrogens with two attached hydrogens (primary N) is 1. The van der Waals surface area contributed by atoms with Gasteiger partial charge in [-0.15, -0.1) is 0 Å². The molecule has 2 rings (SSSR count). The number of aromatic amines is 1. The zero-order chi connectivity index (χ0) is 10.7. The number of nitrogens with zero attached hydrogens (tertiary/aromatic N) is 2. The van der Waals surface area contributed by atoms with Gasteiger partial charge in [-0.3, -0.25) is 9.89 Å². The number of hydrogen-bond acceptors (Lipinski definition) is 3. The fourth-order valence-electron chi connectivity index (χ4n) is 1.21. The maximum Gasteiger partial charge on any atom is 0.290 e. The molecule has 0 saturated heterocycles. The number of hydrazine groups is 1. The van der Waals surface area contributed by atoms with Gasteiger partial charge in [0.25, 0.3) is 5.91 Å². The van der Waals surface area contributed by atoms with Crippen LogP contribution in [0.2, 0.25) is 0 Å². The standard InChI is InChI=1S/C10H10N4O/c11-14(8-4-2-1-3-5-8)10(15)9-6-7-12-13-9/h1-7H,11H2,(H,12,13). The van der Waals surface area contributed by atoms with Crippen molar-refractivity contribution >= 4 is 11.6 Å². The Bertz CT molecular complexity index is 438. The minimum absolute atomic E-state index is 0.321. The van der Waals surface area contributed by atoms with E-state index in [1.165, 1.54) is 6.20 Å². The second-order valence-electron chi connectivity index (χ2n) is 2.98. The molecule has 0 bridgehead atoms. The Hall–Kier alpha value is -2.14. The van der Waals surface area contributed by atoms with Crippen LogP contribution in [-0.4, -0.2) is 16.1 Å². The molecule has 1 aromatic carbocycles. The number of aromatic nitrogens is 2. The quantitative estimate of drug-likeness (QED) is 0.432. The van der Waals surface area contributed by atoms with Crippen LogP contribution in [0.4, 0.5) is 5.69 Å². The molecule has 2 aromatic rings. The zero-order valence-corrected chi connectivity index (χ0v) is 7.92. The van der Waals surface area contributed by atoms with Crippen LogP contribution in [0.15, 0.2) is 42.6 Å². The summed E-state index contributed by atoms with van der Waals surface area (Å²) in [6.45, 7) is 0. The number of H-pyrrole nitrogens is 1. The molecule has 0 unspecified atom stereocenters. The Morgan fingerprint density at radius 1 is 1.27 bits per heavy atom. The summed E-state index contributed by atoms with van der Waals surface area (Å²) in [5.74, 6) is 5.35. The van der Waals surface area contributed by atoms with Gasteiger partial charge in [-0.25, -0.2) is 10.9 Å². The molecule has 1 amide bonds. The summed E-state index contributed by atoms with van der Waals surface area (Å²) < 4.78 is 0. The van der Waals surface area contributed by atoms with Crippen LogP contribution < -0.4 is 10.9 Å². The van der Waals surface area contributed by atoms with Gasteiger partial charge in [0.1, 0.15) is 5.69 Å². The van der Waals surface area contributed by atoms with Gasteiger partial charge in [0.2, 0.25) is 0 Å². The molecule has 1 aromatic heterocycles. The van der Waals surface area contributed by atoms with E-state index < -0.39 is 0 Å². The highest BCUT2D eigenvalue weighted by atomic mass is 16.2. The molecule has 3 N–H and O–H groups in total. The fraction of sp³-hybridized carbons (Fsp3) is 0. The van der Waals surface area contributed by atoms with Crippen LogP contribution in [0.5, 0.6) is 0 Å². The smallest absolute Gasteiger partial charge is 0.273 e. The number of para-hydroxylation sites is 1. The molecular formula is C10H10N4O. The normalized spacial score (nSPS) is 9.93. The van der Waals surface area contributed by atoms with Crippen molar-refractivity contribution < 1.29 is 4.79 Å². The summed E-state index contributed by atoms with van der Waals surface area (Å²) in [5, 5.41) is 7.33. The molecule has 5 heteroatoms. The van der Waals surface area contributed by atoms with E-state index in [1.54, 1.807) is 18.2 Å². The summed E-state index contributed by atoms with van der Waals surface area (Å²) in [6.07, 6.45) is 1.51. The molecule has 76 valence electrons.